The van der Waals surface area contributed by atoms with Crippen molar-refractivity contribution in [2.75, 3.05) is 10.7 Å². The molecule has 0 saturated heterocycles. The number of fused-ring (bicyclic) bond motifs is 1. The van der Waals surface area contributed by atoms with E-state index in [0.29, 0.717) is 0 Å². The Balaban J connectivity index is 2.15. The third kappa shape index (κ3) is 3.05. The number of hydrogen-bond acceptors (Lipinski definition) is 3. The lowest BCUT2D eigenvalue weighted by Gasteiger charge is -2.51. The summed E-state index contributed by atoms with van der Waals surface area (Å²) in [7, 11) is 0. The number of para-hydroxylation sites is 1. The van der Waals surface area contributed by atoms with Gasteiger partial charge in [-0.15, -0.1) is 0 Å². The van der Waals surface area contributed by atoms with E-state index >= 15 is 0 Å². The maximum atomic E-state index is 12.8. The number of carbonyl (C=O) groups is 1. The van der Waals surface area contributed by atoms with Crippen LogP contribution in [-0.4, -0.2) is 17.2 Å². The summed E-state index contributed by atoms with van der Waals surface area (Å²) in [6, 6.07) is 18.6. The molecule has 2 aromatic rings. The van der Waals surface area contributed by atoms with Crippen molar-refractivity contribution in [3.63, 3.8) is 0 Å². The highest BCUT2D eigenvalue weighted by atomic mass is 32.2. The monoisotopic (exact) mass is 350 g/mol. The molecule has 1 heterocycles. The van der Waals surface area contributed by atoms with Crippen molar-refractivity contribution in [1.29, 1.82) is 5.26 Å². The van der Waals surface area contributed by atoms with Crippen LogP contribution in [0.4, 0.5) is 5.69 Å². The van der Waals surface area contributed by atoms with Gasteiger partial charge in [0.2, 0.25) is 5.91 Å². The number of nitrogens with zero attached hydrogens (tertiary/aromatic N) is 2. The maximum Gasteiger partial charge on any atom is 0.238 e. The van der Waals surface area contributed by atoms with E-state index in [9.17, 15) is 4.79 Å². The van der Waals surface area contributed by atoms with Crippen LogP contribution in [0, 0.1) is 10.7 Å². The molecule has 1 atom stereocenters. The van der Waals surface area contributed by atoms with E-state index in [1.54, 1.807) is 0 Å². The summed E-state index contributed by atoms with van der Waals surface area (Å²) in [6.07, 6.45) is 0.823. The van der Waals surface area contributed by atoms with Crippen molar-refractivity contribution >= 4 is 23.4 Å². The van der Waals surface area contributed by atoms with Crippen LogP contribution in [0.15, 0.2) is 54.6 Å². The molecule has 0 saturated carbocycles. The van der Waals surface area contributed by atoms with Crippen LogP contribution in [0.1, 0.15) is 38.3 Å². The minimum atomic E-state index is -0.341. The van der Waals surface area contributed by atoms with Gasteiger partial charge in [0.15, 0.2) is 0 Å². The van der Waals surface area contributed by atoms with Crippen molar-refractivity contribution in [2.45, 2.75) is 38.1 Å². The van der Waals surface area contributed by atoms with E-state index < -0.39 is 0 Å². The van der Waals surface area contributed by atoms with Gasteiger partial charge in [-0.3, -0.25) is 4.79 Å². The van der Waals surface area contributed by atoms with E-state index in [2.05, 4.69) is 51.1 Å². The normalized spacial score (nSPS) is 21.3. The SMILES string of the molecule is CC1(c2ccccc2)CC(C)(C)N(C(=O)CSC#N)c2ccccc21. The quantitative estimate of drug-likeness (QED) is 0.752. The van der Waals surface area contributed by atoms with Gasteiger partial charge in [-0.1, -0.05) is 55.5 Å². The number of benzene rings is 2. The summed E-state index contributed by atoms with van der Waals surface area (Å²) in [5.41, 5.74) is 2.87. The fraction of sp³-hybridized carbons (Fsp3) is 0.333. The van der Waals surface area contributed by atoms with Crippen LogP contribution in [-0.2, 0) is 10.2 Å². The number of nitriles is 1. The minimum Gasteiger partial charge on any atom is -0.306 e. The molecule has 2 aromatic carbocycles. The minimum absolute atomic E-state index is 0.0147. The van der Waals surface area contributed by atoms with E-state index in [-0.39, 0.29) is 22.6 Å². The topological polar surface area (TPSA) is 44.1 Å². The molecule has 0 spiro atoms. The summed E-state index contributed by atoms with van der Waals surface area (Å²) < 4.78 is 0. The van der Waals surface area contributed by atoms with E-state index in [1.807, 2.05) is 34.6 Å². The Morgan fingerprint density at radius 3 is 2.44 bits per heavy atom. The van der Waals surface area contributed by atoms with Crippen LogP contribution >= 0.6 is 11.8 Å². The lowest BCUT2D eigenvalue weighted by Crippen LogP contribution is -2.56. The number of carbonyl (C=O) groups excluding carboxylic acids is 1. The highest BCUT2D eigenvalue weighted by molar-refractivity contribution is 8.04. The number of thioether (sulfide) groups is 1. The van der Waals surface area contributed by atoms with Gasteiger partial charge in [-0.2, -0.15) is 5.26 Å². The largest absolute Gasteiger partial charge is 0.306 e. The van der Waals surface area contributed by atoms with Crippen LogP contribution in [0.25, 0.3) is 0 Å². The molecular formula is C21H22N2OS. The van der Waals surface area contributed by atoms with Gasteiger partial charge in [0.25, 0.3) is 0 Å². The van der Waals surface area contributed by atoms with Gasteiger partial charge in [0, 0.05) is 16.6 Å². The molecule has 1 amide bonds. The molecule has 0 N–H and O–H groups in total. The van der Waals surface area contributed by atoms with Gasteiger partial charge in [0.1, 0.15) is 5.40 Å². The Morgan fingerprint density at radius 2 is 1.76 bits per heavy atom. The first-order valence-electron chi connectivity index (χ1n) is 8.39. The number of hydrogen-bond donors (Lipinski definition) is 0. The van der Waals surface area contributed by atoms with Crippen molar-refractivity contribution in [3.05, 3.63) is 65.7 Å². The first-order chi connectivity index (χ1) is 11.9. The molecule has 0 aliphatic carbocycles. The summed E-state index contributed by atoms with van der Waals surface area (Å²) >= 11 is 0.996. The van der Waals surface area contributed by atoms with Gasteiger partial charge < -0.3 is 4.90 Å². The van der Waals surface area contributed by atoms with E-state index in [0.717, 1.165) is 29.4 Å². The number of amides is 1. The molecule has 1 aliphatic rings. The molecule has 1 aliphatic heterocycles. The molecule has 3 rings (SSSR count). The highest BCUT2D eigenvalue weighted by Gasteiger charge is 2.47. The van der Waals surface area contributed by atoms with E-state index in [1.165, 1.54) is 5.56 Å². The Kier molecular flexibility index (Phi) is 4.62. The van der Waals surface area contributed by atoms with Crippen LogP contribution in [0.5, 0.6) is 0 Å². The second-order valence-corrected chi connectivity index (χ2v) is 8.07. The van der Waals surface area contributed by atoms with Gasteiger partial charge in [-0.25, -0.2) is 0 Å². The Labute approximate surface area is 153 Å². The zero-order valence-corrected chi connectivity index (χ0v) is 15.6. The van der Waals surface area contributed by atoms with Crippen molar-refractivity contribution in [2.24, 2.45) is 0 Å². The average Bonchev–Trinajstić information content (AvgIpc) is 2.60. The van der Waals surface area contributed by atoms with Crippen LogP contribution < -0.4 is 4.90 Å². The van der Waals surface area contributed by atoms with Crippen molar-refractivity contribution in [1.82, 2.24) is 0 Å². The van der Waals surface area contributed by atoms with Crippen LogP contribution in [0.3, 0.4) is 0 Å². The standard InChI is InChI=1S/C21H22N2OS/c1-20(2)14-21(3,16-9-5-4-6-10-16)17-11-7-8-12-18(17)23(20)19(24)13-25-15-22/h4-12H,13-14H2,1-3H3. The summed E-state index contributed by atoms with van der Waals surface area (Å²) in [5.74, 6) is 0.162. The highest BCUT2D eigenvalue weighted by Crippen LogP contribution is 2.50. The predicted octanol–water partition coefficient (Wildman–Crippen LogP) is 4.72. The molecule has 1 unspecified atom stereocenters. The van der Waals surface area contributed by atoms with Gasteiger partial charge >= 0.3 is 0 Å². The lowest BCUT2D eigenvalue weighted by atomic mass is 9.65. The molecule has 128 valence electrons. The van der Waals surface area contributed by atoms with Crippen molar-refractivity contribution in [3.8, 4) is 5.40 Å². The zero-order chi connectivity index (χ0) is 18.1. The summed E-state index contributed by atoms with van der Waals surface area (Å²) in [4.78, 5) is 14.7. The number of thiocyanates is 1. The number of rotatable bonds is 3. The Hall–Kier alpha value is -2.25. The molecule has 0 fully saturated rings. The molecule has 0 aromatic heterocycles. The first kappa shape index (κ1) is 17.6. The molecular weight excluding hydrogens is 328 g/mol. The lowest BCUT2D eigenvalue weighted by molar-refractivity contribution is -0.117. The molecule has 3 nitrogen and oxygen atoms in total. The van der Waals surface area contributed by atoms with Crippen LogP contribution in [0.2, 0.25) is 0 Å². The first-order valence-corrected chi connectivity index (χ1v) is 9.38. The average molecular weight is 350 g/mol. The molecule has 0 radical (unpaired) electrons. The second-order valence-electron chi connectivity index (χ2n) is 7.31. The van der Waals surface area contributed by atoms with Crippen molar-refractivity contribution < 1.29 is 4.79 Å². The predicted molar refractivity (Wildman–Crippen MR) is 104 cm³/mol. The second kappa shape index (κ2) is 6.57. The Morgan fingerprint density at radius 1 is 1.12 bits per heavy atom. The fourth-order valence-corrected chi connectivity index (χ4v) is 4.51. The van der Waals surface area contributed by atoms with E-state index in [4.69, 9.17) is 5.26 Å². The molecule has 0 bridgehead atoms. The molecule has 25 heavy (non-hydrogen) atoms. The third-order valence-electron chi connectivity index (χ3n) is 5.05. The smallest absolute Gasteiger partial charge is 0.238 e. The third-order valence-corrected chi connectivity index (χ3v) is 5.57. The van der Waals surface area contributed by atoms with Gasteiger partial charge in [-0.05, 0) is 49.2 Å². The van der Waals surface area contributed by atoms with Gasteiger partial charge in [0.05, 0.1) is 5.75 Å². The maximum absolute atomic E-state index is 12.8. The zero-order valence-electron chi connectivity index (χ0n) is 14.8. The fourth-order valence-electron chi connectivity index (χ4n) is 4.19. The summed E-state index contributed by atoms with van der Waals surface area (Å²) in [6.45, 7) is 6.48. The molecule has 4 heteroatoms. The number of anilines is 1. The summed E-state index contributed by atoms with van der Waals surface area (Å²) in [5, 5.41) is 10.8. The Bertz CT molecular complexity index is 825.